The van der Waals surface area contributed by atoms with Gasteiger partial charge in [-0.05, 0) is 23.6 Å². The van der Waals surface area contributed by atoms with E-state index in [1.54, 1.807) is 11.3 Å². The van der Waals surface area contributed by atoms with Crippen LogP contribution in [0.25, 0.3) is 9.75 Å². The summed E-state index contributed by atoms with van der Waals surface area (Å²) in [7, 11) is 4.15. The predicted octanol–water partition coefficient (Wildman–Crippen LogP) is 3.54. The Balaban J connectivity index is 2.33. The lowest BCUT2D eigenvalue weighted by Gasteiger charge is -2.06. The third kappa shape index (κ3) is 1.76. The van der Waals surface area contributed by atoms with Crippen LogP contribution in [0.15, 0.2) is 29.6 Å². The van der Waals surface area contributed by atoms with Crippen molar-refractivity contribution in [3.8, 4) is 9.75 Å². The maximum atomic E-state index is 2.19. The molecule has 0 unspecified atom stereocenters. The van der Waals surface area contributed by atoms with E-state index < -0.39 is 0 Å². The topological polar surface area (TPSA) is 3.24 Å². The van der Waals surface area contributed by atoms with Crippen LogP contribution in [-0.2, 0) is 0 Å². The molecule has 2 aromatic heterocycles. The second-order valence-electron chi connectivity index (χ2n) is 3.01. The van der Waals surface area contributed by atoms with E-state index in [1.165, 1.54) is 14.8 Å². The summed E-state index contributed by atoms with van der Waals surface area (Å²) in [5.41, 5.74) is 0. The van der Waals surface area contributed by atoms with E-state index in [4.69, 9.17) is 0 Å². The first-order chi connectivity index (χ1) is 6.27. The van der Waals surface area contributed by atoms with Gasteiger partial charge in [0.15, 0.2) is 0 Å². The molecule has 0 aliphatic carbocycles. The average Bonchev–Trinajstić information content (AvgIpc) is 2.75. The first-order valence-corrected chi connectivity index (χ1v) is 5.78. The van der Waals surface area contributed by atoms with Gasteiger partial charge in [-0.15, -0.1) is 22.7 Å². The van der Waals surface area contributed by atoms with Gasteiger partial charge in [-0.25, -0.2) is 0 Å². The SMILES string of the molecule is CN(C)c1ccc(-c2cccs2)s1. The fourth-order valence-corrected chi connectivity index (χ4v) is 2.88. The van der Waals surface area contributed by atoms with E-state index in [2.05, 4.69) is 48.6 Å². The zero-order chi connectivity index (χ0) is 9.26. The van der Waals surface area contributed by atoms with Gasteiger partial charge in [-0.3, -0.25) is 0 Å². The van der Waals surface area contributed by atoms with E-state index in [1.807, 2.05) is 11.3 Å². The fraction of sp³-hybridized carbons (Fsp3) is 0.200. The van der Waals surface area contributed by atoms with Crippen LogP contribution in [0.1, 0.15) is 0 Å². The molecular formula is C10H11NS2. The molecule has 68 valence electrons. The Hall–Kier alpha value is -0.800. The van der Waals surface area contributed by atoms with Crippen molar-refractivity contribution in [3.05, 3.63) is 29.6 Å². The van der Waals surface area contributed by atoms with Gasteiger partial charge >= 0.3 is 0 Å². The zero-order valence-corrected chi connectivity index (χ0v) is 9.28. The standard InChI is InChI=1S/C10H11NS2/c1-11(2)10-6-5-9(13-10)8-4-3-7-12-8/h3-7H,1-2H3. The molecular weight excluding hydrogens is 198 g/mol. The van der Waals surface area contributed by atoms with Crippen LogP contribution in [0.5, 0.6) is 0 Å². The lowest BCUT2D eigenvalue weighted by atomic mass is 10.4. The highest BCUT2D eigenvalue weighted by atomic mass is 32.1. The zero-order valence-electron chi connectivity index (χ0n) is 7.65. The molecule has 1 nitrogen and oxygen atoms in total. The highest BCUT2D eigenvalue weighted by molar-refractivity contribution is 7.23. The molecule has 0 amide bonds. The normalized spacial score (nSPS) is 10.3. The van der Waals surface area contributed by atoms with Crippen molar-refractivity contribution in [2.75, 3.05) is 19.0 Å². The van der Waals surface area contributed by atoms with Gasteiger partial charge in [0.25, 0.3) is 0 Å². The molecule has 0 aromatic carbocycles. The first kappa shape index (κ1) is 8.78. The molecule has 0 aliphatic rings. The van der Waals surface area contributed by atoms with Crippen LogP contribution < -0.4 is 4.90 Å². The summed E-state index contributed by atoms with van der Waals surface area (Å²) in [5, 5.41) is 3.42. The summed E-state index contributed by atoms with van der Waals surface area (Å²) < 4.78 is 0. The molecule has 0 aliphatic heterocycles. The van der Waals surface area contributed by atoms with Crippen molar-refractivity contribution >= 4 is 27.7 Å². The van der Waals surface area contributed by atoms with Crippen molar-refractivity contribution in [2.24, 2.45) is 0 Å². The molecule has 2 aromatic rings. The largest absolute Gasteiger partial charge is 0.370 e. The molecule has 0 fully saturated rings. The molecule has 0 bridgehead atoms. The Kier molecular flexibility index (Phi) is 2.38. The van der Waals surface area contributed by atoms with E-state index in [9.17, 15) is 0 Å². The van der Waals surface area contributed by atoms with Crippen molar-refractivity contribution < 1.29 is 0 Å². The van der Waals surface area contributed by atoms with Crippen molar-refractivity contribution in [2.45, 2.75) is 0 Å². The Morgan fingerprint density at radius 3 is 2.46 bits per heavy atom. The number of rotatable bonds is 2. The van der Waals surface area contributed by atoms with Crippen LogP contribution in [-0.4, -0.2) is 14.1 Å². The Labute approximate surface area is 86.3 Å². The quantitative estimate of drug-likeness (QED) is 0.731. The van der Waals surface area contributed by atoms with Crippen LogP contribution in [0, 0.1) is 0 Å². The summed E-state index contributed by atoms with van der Waals surface area (Å²) in [6, 6.07) is 8.61. The summed E-state index contributed by atoms with van der Waals surface area (Å²) in [6.45, 7) is 0. The Morgan fingerprint density at radius 1 is 1.08 bits per heavy atom. The molecule has 2 heterocycles. The summed E-state index contributed by atoms with van der Waals surface area (Å²) >= 11 is 3.63. The molecule has 13 heavy (non-hydrogen) atoms. The van der Waals surface area contributed by atoms with Crippen molar-refractivity contribution in [1.82, 2.24) is 0 Å². The van der Waals surface area contributed by atoms with E-state index >= 15 is 0 Å². The number of nitrogens with zero attached hydrogens (tertiary/aromatic N) is 1. The minimum Gasteiger partial charge on any atom is -0.370 e. The molecule has 3 heteroatoms. The lowest BCUT2D eigenvalue weighted by Crippen LogP contribution is -2.05. The maximum Gasteiger partial charge on any atom is 0.0910 e. The van der Waals surface area contributed by atoms with E-state index in [-0.39, 0.29) is 0 Å². The average molecular weight is 209 g/mol. The molecule has 0 N–H and O–H groups in total. The predicted molar refractivity (Wildman–Crippen MR) is 62.0 cm³/mol. The van der Waals surface area contributed by atoms with E-state index in [0.717, 1.165) is 0 Å². The second kappa shape index (κ2) is 3.52. The van der Waals surface area contributed by atoms with Crippen LogP contribution in [0.4, 0.5) is 5.00 Å². The number of thiophene rings is 2. The van der Waals surface area contributed by atoms with Gasteiger partial charge < -0.3 is 4.90 Å². The van der Waals surface area contributed by atoms with Gasteiger partial charge in [0.05, 0.1) is 5.00 Å². The Morgan fingerprint density at radius 2 is 1.92 bits per heavy atom. The molecule has 0 atom stereocenters. The number of anilines is 1. The van der Waals surface area contributed by atoms with Crippen LogP contribution in [0.3, 0.4) is 0 Å². The van der Waals surface area contributed by atoms with Crippen LogP contribution in [0.2, 0.25) is 0 Å². The highest BCUT2D eigenvalue weighted by Gasteiger charge is 2.03. The van der Waals surface area contributed by atoms with Crippen LogP contribution >= 0.6 is 22.7 Å². The highest BCUT2D eigenvalue weighted by Crippen LogP contribution is 2.34. The number of hydrogen-bond acceptors (Lipinski definition) is 3. The van der Waals surface area contributed by atoms with Gasteiger partial charge in [-0.2, -0.15) is 0 Å². The summed E-state index contributed by atoms with van der Waals surface area (Å²) in [4.78, 5) is 4.86. The summed E-state index contributed by atoms with van der Waals surface area (Å²) in [6.07, 6.45) is 0. The van der Waals surface area contributed by atoms with E-state index in [0.29, 0.717) is 0 Å². The monoisotopic (exact) mass is 209 g/mol. The maximum absolute atomic E-state index is 2.19. The van der Waals surface area contributed by atoms with Gasteiger partial charge in [0.2, 0.25) is 0 Å². The minimum atomic E-state index is 1.31. The third-order valence-corrected chi connectivity index (χ3v) is 4.12. The molecule has 0 radical (unpaired) electrons. The van der Waals surface area contributed by atoms with Crippen molar-refractivity contribution in [1.29, 1.82) is 0 Å². The second-order valence-corrected chi connectivity index (χ2v) is 5.02. The van der Waals surface area contributed by atoms with Crippen molar-refractivity contribution in [3.63, 3.8) is 0 Å². The van der Waals surface area contributed by atoms with Gasteiger partial charge in [0, 0.05) is 23.8 Å². The fourth-order valence-electron chi connectivity index (χ4n) is 1.12. The molecule has 2 rings (SSSR count). The number of hydrogen-bond donors (Lipinski definition) is 0. The van der Waals surface area contributed by atoms with Gasteiger partial charge in [0.1, 0.15) is 0 Å². The summed E-state index contributed by atoms with van der Waals surface area (Å²) in [5.74, 6) is 0. The smallest absolute Gasteiger partial charge is 0.0910 e. The molecule has 0 saturated heterocycles. The lowest BCUT2D eigenvalue weighted by molar-refractivity contribution is 1.16. The molecule has 0 saturated carbocycles. The minimum absolute atomic E-state index is 1.31. The third-order valence-electron chi connectivity index (χ3n) is 1.80. The first-order valence-electron chi connectivity index (χ1n) is 4.08. The molecule has 0 spiro atoms. The van der Waals surface area contributed by atoms with Gasteiger partial charge in [-0.1, -0.05) is 6.07 Å². The Bertz CT molecular complexity index is 373.